The van der Waals surface area contributed by atoms with E-state index >= 15 is 0 Å². The maximum Gasteiger partial charge on any atom is 0.320 e. The molecule has 5 nitrogen and oxygen atoms in total. The van der Waals surface area contributed by atoms with Crippen molar-refractivity contribution in [3.8, 4) is 0 Å². The van der Waals surface area contributed by atoms with Gasteiger partial charge in [-0.25, -0.2) is 0 Å². The average Bonchev–Trinajstić information content (AvgIpc) is 2.37. The van der Waals surface area contributed by atoms with Crippen molar-refractivity contribution in [2.75, 3.05) is 14.2 Å². The van der Waals surface area contributed by atoms with Gasteiger partial charge in [0.05, 0.1) is 7.11 Å². The molecule has 5 heteroatoms. The first-order valence-electron chi connectivity index (χ1n) is 5.62. The van der Waals surface area contributed by atoms with Crippen LogP contribution in [0.5, 0.6) is 0 Å². The molecule has 0 spiro atoms. The Bertz CT molecular complexity index is 429. The molecule has 0 radical (unpaired) electrons. The van der Waals surface area contributed by atoms with Crippen molar-refractivity contribution in [1.82, 2.24) is 9.88 Å². The van der Waals surface area contributed by atoms with E-state index in [1.807, 2.05) is 6.07 Å². The minimum absolute atomic E-state index is 0.279. The zero-order valence-electron chi connectivity index (χ0n) is 11.1. The highest BCUT2D eigenvalue weighted by molar-refractivity contribution is 6.01. The Morgan fingerprint density at radius 3 is 2.61 bits per heavy atom. The Balaban J connectivity index is 2.76. The van der Waals surface area contributed by atoms with Crippen LogP contribution >= 0.6 is 0 Å². The van der Waals surface area contributed by atoms with Gasteiger partial charge in [0, 0.05) is 26.0 Å². The molecular weight excluding hydrogens is 232 g/mol. The van der Waals surface area contributed by atoms with Gasteiger partial charge >= 0.3 is 5.97 Å². The summed E-state index contributed by atoms with van der Waals surface area (Å²) in [7, 11) is 2.93. The Labute approximate surface area is 107 Å². The van der Waals surface area contributed by atoms with E-state index in [0.717, 1.165) is 5.56 Å². The monoisotopic (exact) mass is 250 g/mol. The maximum absolute atomic E-state index is 12.2. The van der Waals surface area contributed by atoms with E-state index in [0.29, 0.717) is 6.54 Å². The van der Waals surface area contributed by atoms with Gasteiger partial charge in [-0.3, -0.25) is 14.6 Å². The summed E-state index contributed by atoms with van der Waals surface area (Å²) < 4.78 is 4.64. The summed E-state index contributed by atoms with van der Waals surface area (Å²) in [6, 6.07) is 3.68. The van der Waals surface area contributed by atoms with E-state index in [1.165, 1.54) is 12.0 Å². The Hall–Kier alpha value is -1.91. The van der Waals surface area contributed by atoms with Crippen molar-refractivity contribution in [3.05, 3.63) is 30.1 Å². The highest BCUT2D eigenvalue weighted by Gasteiger charge is 2.39. The largest absolute Gasteiger partial charge is 0.468 e. The van der Waals surface area contributed by atoms with Crippen molar-refractivity contribution in [1.29, 1.82) is 0 Å². The molecule has 0 fully saturated rings. The lowest BCUT2D eigenvalue weighted by Crippen LogP contribution is -2.43. The fourth-order valence-corrected chi connectivity index (χ4v) is 1.66. The van der Waals surface area contributed by atoms with Gasteiger partial charge in [-0.05, 0) is 25.5 Å². The van der Waals surface area contributed by atoms with E-state index in [4.69, 9.17) is 0 Å². The molecule has 1 aromatic heterocycles. The van der Waals surface area contributed by atoms with E-state index in [1.54, 1.807) is 39.4 Å². The SMILES string of the molecule is COC(=O)C(C)(C)C(=O)N(C)Cc1cccnc1. The number of hydrogen-bond acceptors (Lipinski definition) is 4. The summed E-state index contributed by atoms with van der Waals surface area (Å²) in [5, 5.41) is 0. The van der Waals surface area contributed by atoms with E-state index < -0.39 is 11.4 Å². The number of ether oxygens (including phenoxy) is 1. The first kappa shape index (κ1) is 14.2. The number of pyridine rings is 1. The predicted molar refractivity (Wildman–Crippen MR) is 66.5 cm³/mol. The quantitative estimate of drug-likeness (QED) is 0.596. The molecule has 0 aliphatic heterocycles. The maximum atomic E-state index is 12.2. The van der Waals surface area contributed by atoms with Crippen LogP contribution in [0.25, 0.3) is 0 Å². The van der Waals surface area contributed by atoms with E-state index in [-0.39, 0.29) is 5.91 Å². The van der Waals surface area contributed by atoms with Crippen LogP contribution < -0.4 is 0 Å². The fourth-order valence-electron chi connectivity index (χ4n) is 1.66. The molecule has 0 saturated heterocycles. The van der Waals surface area contributed by atoms with Crippen molar-refractivity contribution >= 4 is 11.9 Å². The molecule has 0 unspecified atom stereocenters. The van der Waals surface area contributed by atoms with E-state index in [9.17, 15) is 9.59 Å². The first-order chi connectivity index (χ1) is 8.39. The van der Waals surface area contributed by atoms with Crippen LogP contribution in [0.2, 0.25) is 0 Å². The lowest BCUT2D eigenvalue weighted by molar-refractivity contribution is -0.160. The predicted octanol–water partition coefficient (Wildman–Crippen LogP) is 1.24. The molecule has 98 valence electrons. The minimum Gasteiger partial charge on any atom is -0.468 e. The summed E-state index contributed by atoms with van der Waals surface area (Å²) in [4.78, 5) is 29.2. The number of hydrogen-bond donors (Lipinski definition) is 0. The van der Waals surface area contributed by atoms with Crippen molar-refractivity contribution in [2.45, 2.75) is 20.4 Å². The third kappa shape index (κ3) is 3.06. The molecule has 0 N–H and O–H groups in total. The Morgan fingerprint density at radius 2 is 2.11 bits per heavy atom. The Morgan fingerprint density at radius 1 is 1.44 bits per heavy atom. The molecule has 1 aromatic rings. The van der Waals surface area contributed by atoms with Crippen LogP contribution in [0, 0.1) is 5.41 Å². The number of aromatic nitrogens is 1. The molecule has 18 heavy (non-hydrogen) atoms. The number of amides is 1. The van der Waals surface area contributed by atoms with Crippen LogP contribution in [0.4, 0.5) is 0 Å². The third-order valence-corrected chi connectivity index (χ3v) is 2.72. The van der Waals surface area contributed by atoms with E-state index in [2.05, 4.69) is 9.72 Å². The molecule has 0 aromatic carbocycles. The number of esters is 1. The van der Waals surface area contributed by atoms with Gasteiger partial charge in [-0.2, -0.15) is 0 Å². The summed E-state index contributed by atoms with van der Waals surface area (Å²) >= 11 is 0. The lowest BCUT2D eigenvalue weighted by atomic mass is 9.92. The number of carbonyl (C=O) groups excluding carboxylic acids is 2. The second kappa shape index (κ2) is 5.62. The zero-order valence-corrected chi connectivity index (χ0v) is 11.1. The topological polar surface area (TPSA) is 59.5 Å². The highest BCUT2D eigenvalue weighted by Crippen LogP contribution is 2.21. The summed E-state index contributed by atoms with van der Waals surface area (Å²) in [5.41, 5.74) is -0.264. The van der Waals surface area contributed by atoms with Gasteiger partial charge in [0.1, 0.15) is 5.41 Å². The van der Waals surface area contributed by atoms with Crippen LogP contribution in [-0.2, 0) is 20.9 Å². The standard InChI is InChI=1S/C13H18N2O3/c1-13(2,12(17)18-4)11(16)15(3)9-10-6-5-7-14-8-10/h5-8H,9H2,1-4H3. The second-order valence-corrected chi connectivity index (χ2v) is 4.64. The fraction of sp³-hybridized carbons (Fsp3) is 0.462. The number of carbonyl (C=O) groups is 2. The first-order valence-corrected chi connectivity index (χ1v) is 5.62. The van der Waals surface area contributed by atoms with Gasteiger partial charge in [-0.15, -0.1) is 0 Å². The molecule has 1 heterocycles. The van der Waals surface area contributed by atoms with Gasteiger partial charge in [0.25, 0.3) is 0 Å². The number of rotatable bonds is 4. The third-order valence-electron chi connectivity index (χ3n) is 2.72. The Kier molecular flexibility index (Phi) is 4.42. The molecule has 0 atom stereocenters. The molecule has 0 bridgehead atoms. The van der Waals surface area contributed by atoms with Crippen LogP contribution in [0.15, 0.2) is 24.5 Å². The van der Waals surface area contributed by atoms with Crippen molar-refractivity contribution in [3.63, 3.8) is 0 Å². The molecule has 1 amide bonds. The molecular formula is C13H18N2O3. The normalized spacial score (nSPS) is 10.9. The average molecular weight is 250 g/mol. The summed E-state index contributed by atoms with van der Waals surface area (Å²) in [6.07, 6.45) is 3.36. The summed E-state index contributed by atoms with van der Waals surface area (Å²) in [6.45, 7) is 3.52. The minimum atomic E-state index is -1.17. The van der Waals surface area contributed by atoms with Crippen LogP contribution in [0.1, 0.15) is 19.4 Å². The zero-order chi connectivity index (χ0) is 13.8. The molecule has 1 rings (SSSR count). The van der Waals surface area contributed by atoms with Gasteiger partial charge < -0.3 is 9.64 Å². The van der Waals surface area contributed by atoms with Crippen molar-refractivity contribution < 1.29 is 14.3 Å². The number of methoxy groups -OCH3 is 1. The van der Waals surface area contributed by atoms with Crippen LogP contribution in [-0.4, -0.2) is 35.9 Å². The highest BCUT2D eigenvalue weighted by atomic mass is 16.5. The second-order valence-electron chi connectivity index (χ2n) is 4.64. The van der Waals surface area contributed by atoms with Gasteiger partial charge in [0.2, 0.25) is 5.91 Å². The lowest BCUT2D eigenvalue weighted by Gasteiger charge is -2.27. The summed E-state index contributed by atoms with van der Waals surface area (Å²) in [5.74, 6) is -0.816. The molecule has 0 aliphatic carbocycles. The number of nitrogens with zero attached hydrogens (tertiary/aromatic N) is 2. The van der Waals surface area contributed by atoms with Gasteiger partial charge in [-0.1, -0.05) is 6.07 Å². The molecule has 0 aliphatic rings. The van der Waals surface area contributed by atoms with Crippen LogP contribution in [0.3, 0.4) is 0 Å². The smallest absolute Gasteiger partial charge is 0.320 e. The molecule has 0 saturated carbocycles. The van der Waals surface area contributed by atoms with Crippen molar-refractivity contribution in [2.24, 2.45) is 5.41 Å². The van der Waals surface area contributed by atoms with Gasteiger partial charge in [0.15, 0.2) is 0 Å².